The van der Waals surface area contributed by atoms with E-state index >= 15 is 0 Å². The van der Waals surface area contributed by atoms with Gasteiger partial charge in [-0.1, -0.05) is 43.7 Å². The lowest BCUT2D eigenvalue weighted by molar-refractivity contribution is 0.0820. The van der Waals surface area contributed by atoms with Crippen LogP contribution in [0.4, 0.5) is 0 Å². The Bertz CT molecular complexity index is 355. The fourth-order valence-electron chi connectivity index (χ4n) is 2.86. The Morgan fingerprint density at radius 2 is 2.11 bits per heavy atom. The molecule has 2 rings (SSSR count). The average Bonchev–Trinajstić information content (AvgIpc) is 2.47. The highest BCUT2D eigenvalue weighted by molar-refractivity contribution is 5.20. The van der Waals surface area contributed by atoms with Crippen LogP contribution in [0.1, 0.15) is 31.4 Å². The summed E-state index contributed by atoms with van der Waals surface area (Å²) in [4.78, 5) is 2.58. The summed E-state index contributed by atoms with van der Waals surface area (Å²) in [5, 5.41) is 3.69. The van der Waals surface area contributed by atoms with Gasteiger partial charge in [0.1, 0.15) is 0 Å². The van der Waals surface area contributed by atoms with Crippen molar-refractivity contribution in [1.29, 1.82) is 0 Å². The van der Waals surface area contributed by atoms with Crippen molar-refractivity contribution in [2.24, 2.45) is 0 Å². The highest BCUT2D eigenvalue weighted by atomic mass is 16.5. The predicted molar refractivity (Wildman–Crippen MR) is 79.3 cm³/mol. The smallest absolute Gasteiger partial charge is 0.0589 e. The Labute approximate surface area is 116 Å². The lowest BCUT2D eigenvalue weighted by Crippen LogP contribution is -2.53. The van der Waals surface area contributed by atoms with Gasteiger partial charge in [0.05, 0.1) is 6.61 Å². The Hall–Kier alpha value is -0.900. The summed E-state index contributed by atoms with van der Waals surface area (Å²) in [6, 6.07) is 11.8. The van der Waals surface area contributed by atoms with Crippen LogP contribution in [0.5, 0.6) is 0 Å². The number of benzene rings is 1. The molecule has 2 unspecified atom stereocenters. The van der Waals surface area contributed by atoms with Crippen LogP contribution < -0.4 is 5.32 Å². The molecule has 1 aliphatic heterocycles. The molecule has 0 aromatic heterocycles. The van der Waals surface area contributed by atoms with E-state index < -0.39 is 0 Å². The molecule has 0 aliphatic carbocycles. The summed E-state index contributed by atoms with van der Waals surface area (Å²) in [7, 11) is 1.78. The zero-order valence-electron chi connectivity index (χ0n) is 12.1. The molecule has 1 N–H and O–H groups in total. The molecule has 0 saturated carbocycles. The molecule has 1 saturated heterocycles. The molecule has 0 spiro atoms. The first kappa shape index (κ1) is 14.5. The summed E-state index contributed by atoms with van der Waals surface area (Å²) in [5.41, 5.74) is 1.39. The SMILES string of the molecule is CCCC1CNC(c2ccccc2)CN1CCOC. The van der Waals surface area contributed by atoms with Crippen molar-refractivity contribution < 1.29 is 4.74 Å². The second kappa shape index (κ2) is 7.63. The summed E-state index contributed by atoms with van der Waals surface area (Å²) in [6.45, 7) is 6.28. The zero-order valence-corrected chi connectivity index (χ0v) is 12.1. The molecular formula is C16H26N2O. The fourth-order valence-corrected chi connectivity index (χ4v) is 2.86. The van der Waals surface area contributed by atoms with Crippen LogP contribution in [0.25, 0.3) is 0 Å². The highest BCUT2D eigenvalue weighted by Gasteiger charge is 2.27. The fraction of sp³-hybridized carbons (Fsp3) is 0.625. The third kappa shape index (κ3) is 4.03. The van der Waals surface area contributed by atoms with Crippen LogP contribution in [0.2, 0.25) is 0 Å². The predicted octanol–water partition coefficient (Wildman–Crippen LogP) is 2.45. The monoisotopic (exact) mass is 262 g/mol. The van der Waals surface area contributed by atoms with E-state index in [1.54, 1.807) is 7.11 Å². The third-order valence-electron chi connectivity index (χ3n) is 3.94. The van der Waals surface area contributed by atoms with E-state index in [0.29, 0.717) is 12.1 Å². The lowest BCUT2D eigenvalue weighted by atomic mass is 10.00. The molecule has 1 aromatic rings. The van der Waals surface area contributed by atoms with E-state index in [4.69, 9.17) is 4.74 Å². The summed E-state index contributed by atoms with van der Waals surface area (Å²) in [5.74, 6) is 0. The van der Waals surface area contributed by atoms with E-state index in [1.807, 2.05) is 0 Å². The first-order chi connectivity index (χ1) is 9.35. The molecule has 2 atom stereocenters. The maximum absolute atomic E-state index is 5.25. The van der Waals surface area contributed by atoms with Gasteiger partial charge in [-0.15, -0.1) is 0 Å². The van der Waals surface area contributed by atoms with Crippen molar-refractivity contribution in [3.8, 4) is 0 Å². The highest BCUT2D eigenvalue weighted by Crippen LogP contribution is 2.21. The van der Waals surface area contributed by atoms with Crippen molar-refractivity contribution in [2.45, 2.75) is 31.8 Å². The van der Waals surface area contributed by atoms with Crippen molar-refractivity contribution >= 4 is 0 Å². The van der Waals surface area contributed by atoms with Crippen molar-refractivity contribution in [2.75, 3.05) is 33.4 Å². The summed E-state index contributed by atoms with van der Waals surface area (Å²) < 4.78 is 5.25. The Morgan fingerprint density at radius 3 is 2.79 bits per heavy atom. The van der Waals surface area contributed by atoms with Crippen LogP contribution >= 0.6 is 0 Å². The van der Waals surface area contributed by atoms with Crippen LogP contribution in [-0.4, -0.2) is 44.3 Å². The van der Waals surface area contributed by atoms with Gasteiger partial charge in [0.25, 0.3) is 0 Å². The summed E-state index contributed by atoms with van der Waals surface area (Å²) >= 11 is 0. The molecule has 19 heavy (non-hydrogen) atoms. The lowest BCUT2D eigenvalue weighted by Gasteiger charge is -2.40. The van der Waals surface area contributed by atoms with E-state index in [9.17, 15) is 0 Å². The van der Waals surface area contributed by atoms with Gasteiger partial charge in [0.15, 0.2) is 0 Å². The van der Waals surface area contributed by atoms with Gasteiger partial charge in [-0.3, -0.25) is 4.90 Å². The number of hydrogen-bond acceptors (Lipinski definition) is 3. The number of piperazine rings is 1. The minimum Gasteiger partial charge on any atom is -0.383 e. The Balaban J connectivity index is 1.99. The molecule has 106 valence electrons. The number of nitrogens with zero attached hydrogens (tertiary/aromatic N) is 1. The third-order valence-corrected chi connectivity index (χ3v) is 3.94. The zero-order chi connectivity index (χ0) is 13.5. The molecule has 3 nitrogen and oxygen atoms in total. The van der Waals surface area contributed by atoms with Gasteiger partial charge < -0.3 is 10.1 Å². The van der Waals surface area contributed by atoms with Gasteiger partial charge in [-0.2, -0.15) is 0 Å². The largest absolute Gasteiger partial charge is 0.383 e. The van der Waals surface area contributed by atoms with Crippen molar-refractivity contribution in [3.63, 3.8) is 0 Å². The molecule has 0 amide bonds. The topological polar surface area (TPSA) is 24.5 Å². The van der Waals surface area contributed by atoms with Gasteiger partial charge in [0.2, 0.25) is 0 Å². The van der Waals surface area contributed by atoms with Crippen LogP contribution in [0, 0.1) is 0 Å². The van der Waals surface area contributed by atoms with Crippen LogP contribution in [-0.2, 0) is 4.74 Å². The first-order valence-corrected chi connectivity index (χ1v) is 7.36. The van der Waals surface area contributed by atoms with Gasteiger partial charge in [-0.25, -0.2) is 0 Å². The Morgan fingerprint density at radius 1 is 1.32 bits per heavy atom. The minimum atomic E-state index is 0.450. The number of rotatable bonds is 6. The van der Waals surface area contributed by atoms with Crippen molar-refractivity contribution in [1.82, 2.24) is 10.2 Å². The maximum Gasteiger partial charge on any atom is 0.0589 e. The van der Waals surface area contributed by atoms with Gasteiger partial charge in [-0.05, 0) is 12.0 Å². The maximum atomic E-state index is 5.25. The number of nitrogens with one attached hydrogen (secondary N) is 1. The van der Waals surface area contributed by atoms with Gasteiger partial charge in [0, 0.05) is 38.8 Å². The molecule has 1 aromatic carbocycles. The standard InChI is InChI=1S/C16H26N2O/c1-3-7-15-12-17-16(13-18(15)10-11-19-2)14-8-5-4-6-9-14/h4-6,8-9,15-17H,3,7,10-13H2,1-2H3. The molecule has 1 aliphatic rings. The molecular weight excluding hydrogens is 236 g/mol. The molecule has 1 fully saturated rings. The average molecular weight is 262 g/mol. The molecule has 0 bridgehead atoms. The number of methoxy groups -OCH3 is 1. The van der Waals surface area contributed by atoms with Crippen LogP contribution in [0.3, 0.4) is 0 Å². The van der Waals surface area contributed by atoms with Crippen molar-refractivity contribution in [3.05, 3.63) is 35.9 Å². The second-order valence-corrected chi connectivity index (χ2v) is 5.30. The molecule has 0 radical (unpaired) electrons. The quantitative estimate of drug-likeness (QED) is 0.852. The van der Waals surface area contributed by atoms with E-state index in [-0.39, 0.29) is 0 Å². The van der Waals surface area contributed by atoms with Crippen LogP contribution in [0.15, 0.2) is 30.3 Å². The molecule has 1 heterocycles. The Kier molecular flexibility index (Phi) is 5.83. The number of ether oxygens (including phenoxy) is 1. The van der Waals surface area contributed by atoms with E-state index in [2.05, 4.69) is 47.5 Å². The minimum absolute atomic E-state index is 0.450. The number of hydrogen-bond donors (Lipinski definition) is 1. The van der Waals surface area contributed by atoms with Gasteiger partial charge >= 0.3 is 0 Å². The second-order valence-electron chi connectivity index (χ2n) is 5.30. The normalized spacial score (nSPS) is 24.5. The molecule has 3 heteroatoms. The summed E-state index contributed by atoms with van der Waals surface area (Å²) in [6.07, 6.45) is 2.50. The van der Waals surface area contributed by atoms with E-state index in [1.165, 1.54) is 18.4 Å². The first-order valence-electron chi connectivity index (χ1n) is 7.36. The van der Waals surface area contributed by atoms with E-state index in [0.717, 1.165) is 26.2 Å².